The minimum Gasteiger partial charge on any atom is -0.368 e. The maximum Gasteiger partial charge on any atom is 0.302 e. The third kappa shape index (κ3) is 3.38. The predicted octanol–water partition coefficient (Wildman–Crippen LogP) is -1.00. The average molecular weight is 268 g/mol. The van der Waals surface area contributed by atoms with E-state index in [1.165, 1.54) is 11.0 Å². The average Bonchev–Trinajstić information content (AvgIpc) is 2.72. The number of amides is 1. The molecule has 0 aromatic carbocycles. The van der Waals surface area contributed by atoms with Crippen LogP contribution in [0.5, 0.6) is 0 Å². The monoisotopic (exact) mass is 268 g/mol. The number of aromatic nitrogens is 5. The molecule has 0 atom stereocenters. The SMILES string of the molecule is C[n+]1cc(NC(=O)CSc2ncnc(N)n2)on1. The number of carbonyl (C=O) groups excluding carboxylic acids is 1. The van der Waals surface area contributed by atoms with Gasteiger partial charge >= 0.3 is 5.88 Å². The molecule has 18 heavy (non-hydrogen) atoms. The number of nitrogens with zero attached hydrogens (tertiary/aromatic N) is 5. The molecule has 0 spiro atoms. The number of carbonyl (C=O) groups is 1. The third-order valence-corrected chi connectivity index (χ3v) is 2.60. The summed E-state index contributed by atoms with van der Waals surface area (Å²) in [6, 6.07) is 0. The van der Waals surface area contributed by atoms with Gasteiger partial charge in [-0.05, 0) is 0 Å². The molecule has 0 saturated heterocycles. The molecule has 2 rings (SSSR count). The second kappa shape index (κ2) is 5.40. The van der Waals surface area contributed by atoms with Crippen LogP contribution >= 0.6 is 11.8 Å². The van der Waals surface area contributed by atoms with Gasteiger partial charge in [0.2, 0.25) is 11.9 Å². The Morgan fingerprint density at radius 3 is 3.11 bits per heavy atom. The first-order valence-electron chi connectivity index (χ1n) is 4.83. The van der Waals surface area contributed by atoms with Crippen LogP contribution in [-0.2, 0) is 11.8 Å². The molecular formula is C8H10N7O2S+. The van der Waals surface area contributed by atoms with Crippen LogP contribution in [0.1, 0.15) is 0 Å². The number of thioether (sulfide) groups is 1. The minimum atomic E-state index is -0.254. The zero-order valence-electron chi connectivity index (χ0n) is 9.40. The molecule has 0 unspecified atom stereocenters. The van der Waals surface area contributed by atoms with Gasteiger partial charge in [-0.1, -0.05) is 16.4 Å². The highest BCUT2D eigenvalue weighted by Gasteiger charge is 2.11. The van der Waals surface area contributed by atoms with Gasteiger partial charge in [0.1, 0.15) is 6.33 Å². The van der Waals surface area contributed by atoms with Crippen LogP contribution in [0.4, 0.5) is 11.8 Å². The highest BCUT2D eigenvalue weighted by Crippen LogP contribution is 2.12. The summed E-state index contributed by atoms with van der Waals surface area (Å²) in [5.41, 5.74) is 5.39. The van der Waals surface area contributed by atoms with E-state index in [2.05, 4.69) is 25.5 Å². The minimum absolute atomic E-state index is 0.121. The van der Waals surface area contributed by atoms with Gasteiger partial charge in [0.25, 0.3) is 6.20 Å². The summed E-state index contributed by atoms with van der Waals surface area (Å²) >= 11 is 1.15. The Bertz CT molecular complexity index is 558. The van der Waals surface area contributed by atoms with Crippen molar-refractivity contribution in [3.63, 3.8) is 0 Å². The molecule has 10 heteroatoms. The Hall–Kier alpha value is -2.23. The fourth-order valence-electron chi connectivity index (χ4n) is 1.05. The molecule has 0 saturated carbocycles. The van der Waals surface area contributed by atoms with E-state index in [-0.39, 0.29) is 23.5 Å². The number of hydrogen-bond acceptors (Lipinski definition) is 8. The fraction of sp³-hybridized carbons (Fsp3) is 0.250. The van der Waals surface area contributed by atoms with Crippen molar-refractivity contribution in [3.05, 3.63) is 12.5 Å². The Labute approximate surface area is 106 Å². The molecule has 2 aromatic heterocycles. The van der Waals surface area contributed by atoms with Gasteiger partial charge in [0, 0.05) is 0 Å². The van der Waals surface area contributed by atoms with E-state index in [0.717, 1.165) is 11.8 Å². The summed E-state index contributed by atoms with van der Waals surface area (Å²) in [6.45, 7) is 0. The van der Waals surface area contributed by atoms with E-state index >= 15 is 0 Å². The number of nitrogens with two attached hydrogens (primary N) is 1. The third-order valence-electron chi connectivity index (χ3n) is 1.74. The van der Waals surface area contributed by atoms with E-state index < -0.39 is 0 Å². The lowest BCUT2D eigenvalue weighted by Crippen LogP contribution is -2.28. The molecular weight excluding hydrogens is 258 g/mol. The van der Waals surface area contributed by atoms with Crippen molar-refractivity contribution in [2.24, 2.45) is 7.05 Å². The Morgan fingerprint density at radius 2 is 2.44 bits per heavy atom. The number of rotatable bonds is 4. The lowest BCUT2D eigenvalue weighted by Gasteiger charge is -1.99. The van der Waals surface area contributed by atoms with Gasteiger partial charge in [-0.25, -0.2) is 9.97 Å². The molecule has 3 N–H and O–H groups in total. The molecule has 2 heterocycles. The zero-order valence-corrected chi connectivity index (χ0v) is 10.2. The molecule has 9 nitrogen and oxygen atoms in total. The predicted molar refractivity (Wildman–Crippen MR) is 61.3 cm³/mol. The van der Waals surface area contributed by atoms with E-state index in [1.807, 2.05) is 0 Å². The van der Waals surface area contributed by atoms with Crippen LogP contribution in [0.25, 0.3) is 0 Å². The normalized spacial score (nSPS) is 10.3. The van der Waals surface area contributed by atoms with Crippen LogP contribution in [-0.4, -0.2) is 31.9 Å². The van der Waals surface area contributed by atoms with Crippen molar-refractivity contribution < 1.29 is 14.0 Å². The molecule has 94 valence electrons. The molecule has 0 radical (unpaired) electrons. The van der Waals surface area contributed by atoms with E-state index in [9.17, 15) is 4.79 Å². The Kier molecular flexibility index (Phi) is 3.67. The number of aryl methyl sites for hydroxylation is 1. The number of hydrogen-bond donors (Lipinski definition) is 2. The van der Waals surface area contributed by atoms with Crippen molar-refractivity contribution in [1.82, 2.24) is 20.2 Å². The topological polar surface area (TPSA) is 124 Å². The summed E-state index contributed by atoms with van der Waals surface area (Å²) in [6.07, 6.45) is 2.84. The summed E-state index contributed by atoms with van der Waals surface area (Å²) < 4.78 is 6.26. The van der Waals surface area contributed by atoms with Gasteiger partial charge in [-0.15, -0.1) is 0 Å². The van der Waals surface area contributed by atoms with Crippen LogP contribution < -0.4 is 15.7 Å². The maximum atomic E-state index is 11.5. The number of nitrogens with one attached hydrogen (secondary N) is 1. The largest absolute Gasteiger partial charge is 0.368 e. The zero-order chi connectivity index (χ0) is 13.0. The van der Waals surface area contributed by atoms with Crippen molar-refractivity contribution in [1.29, 1.82) is 0 Å². The lowest BCUT2D eigenvalue weighted by molar-refractivity contribution is -0.739. The van der Waals surface area contributed by atoms with Crippen LogP contribution in [0.15, 0.2) is 22.2 Å². The maximum absolute atomic E-state index is 11.5. The molecule has 0 aliphatic carbocycles. The molecule has 0 fully saturated rings. The van der Waals surface area contributed by atoms with Crippen LogP contribution in [0.3, 0.4) is 0 Å². The molecule has 1 amide bonds. The summed E-state index contributed by atoms with van der Waals surface area (Å²) in [7, 11) is 1.68. The quantitative estimate of drug-likeness (QED) is 0.534. The van der Waals surface area contributed by atoms with Gasteiger partial charge in [0.15, 0.2) is 17.5 Å². The van der Waals surface area contributed by atoms with Crippen molar-refractivity contribution in [3.8, 4) is 0 Å². The second-order valence-electron chi connectivity index (χ2n) is 3.20. The second-order valence-corrected chi connectivity index (χ2v) is 4.15. The smallest absolute Gasteiger partial charge is 0.302 e. The Balaban J connectivity index is 1.85. The molecule has 0 aliphatic heterocycles. The first-order valence-corrected chi connectivity index (χ1v) is 5.82. The highest BCUT2D eigenvalue weighted by molar-refractivity contribution is 7.99. The van der Waals surface area contributed by atoms with Gasteiger partial charge < -0.3 is 5.73 Å². The van der Waals surface area contributed by atoms with Gasteiger partial charge in [-0.3, -0.25) is 14.6 Å². The lowest BCUT2D eigenvalue weighted by atomic mass is 10.6. The Morgan fingerprint density at radius 1 is 1.61 bits per heavy atom. The van der Waals surface area contributed by atoms with E-state index in [1.54, 1.807) is 13.2 Å². The molecule has 0 aliphatic rings. The van der Waals surface area contributed by atoms with Crippen LogP contribution in [0.2, 0.25) is 0 Å². The highest BCUT2D eigenvalue weighted by atomic mass is 32.2. The number of nitrogen functional groups attached to an aromatic ring is 1. The summed E-state index contributed by atoms with van der Waals surface area (Å²) in [5, 5.41) is 6.50. The standard InChI is InChI=1S/C8H9N7O2S/c1-15-2-6(17-14-15)12-5(16)3-18-8-11-4-10-7(9)13-8/h2,4H,3H2,1H3,(H2-,9,10,11,12,13,14,16)/p+1. The summed E-state index contributed by atoms with van der Waals surface area (Å²) in [5.74, 6) is 0.276. The van der Waals surface area contributed by atoms with Crippen molar-refractivity contribution in [2.75, 3.05) is 16.8 Å². The fourth-order valence-corrected chi connectivity index (χ4v) is 1.66. The van der Waals surface area contributed by atoms with E-state index in [4.69, 9.17) is 10.3 Å². The van der Waals surface area contributed by atoms with Gasteiger partial charge in [0.05, 0.1) is 5.75 Å². The van der Waals surface area contributed by atoms with Crippen molar-refractivity contribution in [2.45, 2.75) is 5.16 Å². The molecule has 0 bridgehead atoms. The van der Waals surface area contributed by atoms with Gasteiger partial charge in [-0.2, -0.15) is 4.98 Å². The van der Waals surface area contributed by atoms with E-state index in [0.29, 0.717) is 5.16 Å². The first kappa shape index (κ1) is 12.2. The van der Waals surface area contributed by atoms with Crippen LogP contribution in [0, 0.1) is 0 Å². The molecule has 2 aromatic rings. The number of anilines is 2. The summed E-state index contributed by atoms with van der Waals surface area (Å²) in [4.78, 5) is 22.9. The van der Waals surface area contributed by atoms with Crippen molar-refractivity contribution >= 4 is 29.5 Å². The first-order chi connectivity index (χ1) is 8.63.